The van der Waals surface area contributed by atoms with Gasteiger partial charge in [0.15, 0.2) is 9.84 Å². The summed E-state index contributed by atoms with van der Waals surface area (Å²) in [5, 5.41) is 14.1. The quantitative estimate of drug-likeness (QED) is 0.615. The van der Waals surface area contributed by atoms with Crippen molar-refractivity contribution < 1.29 is 18.1 Å². The Kier molecular flexibility index (Phi) is 5.76. The van der Waals surface area contributed by atoms with Gasteiger partial charge in [0, 0.05) is 32.3 Å². The molecule has 1 aromatic carbocycles. The smallest absolute Gasteiger partial charge is 0.310 e. The number of nitrogens with zero attached hydrogens (tertiary/aromatic N) is 2. The van der Waals surface area contributed by atoms with Crippen LogP contribution in [0.5, 0.6) is 0 Å². The zero-order chi connectivity index (χ0) is 17.7. The number of benzene rings is 1. The Morgan fingerprint density at radius 2 is 1.96 bits per heavy atom. The number of amides is 1. The van der Waals surface area contributed by atoms with E-state index in [4.69, 9.17) is 0 Å². The number of nitrogens with one attached hydrogen (secondary N) is 1. The van der Waals surface area contributed by atoms with Crippen LogP contribution in [0.25, 0.3) is 0 Å². The molecule has 1 fully saturated rings. The number of piperidine rings is 1. The highest BCUT2D eigenvalue weighted by atomic mass is 32.2. The second-order valence-electron chi connectivity index (χ2n) is 5.80. The van der Waals surface area contributed by atoms with Gasteiger partial charge in [-0.05, 0) is 31.4 Å². The molecule has 132 valence electrons. The molecule has 0 bridgehead atoms. The highest BCUT2D eigenvalue weighted by Gasteiger charge is 2.26. The van der Waals surface area contributed by atoms with E-state index in [1.807, 2.05) is 0 Å². The normalized spacial score (nSPS) is 15.1. The molecular formula is C15H21N3O5S. The van der Waals surface area contributed by atoms with Crippen molar-refractivity contribution in [3.05, 3.63) is 28.3 Å². The van der Waals surface area contributed by atoms with Gasteiger partial charge in [-0.2, -0.15) is 0 Å². The molecule has 9 heteroatoms. The molecule has 0 radical (unpaired) electrons. The molecular weight excluding hydrogens is 334 g/mol. The first-order chi connectivity index (χ1) is 11.3. The van der Waals surface area contributed by atoms with Crippen LogP contribution in [0.3, 0.4) is 0 Å². The molecule has 1 aromatic rings. The fourth-order valence-corrected chi connectivity index (χ4v) is 3.62. The number of hydrogen-bond donors (Lipinski definition) is 1. The number of anilines is 1. The van der Waals surface area contributed by atoms with Crippen molar-refractivity contribution in [2.45, 2.75) is 30.6 Å². The second kappa shape index (κ2) is 7.61. The molecule has 2 rings (SSSR count). The number of carbonyl (C=O) groups is 1. The average molecular weight is 355 g/mol. The maximum absolute atomic E-state index is 12.1. The number of sulfone groups is 1. The first-order valence-electron chi connectivity index (χ1n) is 7.80. The van der Waals surface area contributed by atoms with E-state index >= 15 is 0 Å². The predicted molar refractivity (Wildman–Crippen MR) is 89.7 cm³/mol. The minimum Gasteiger partial charge on any atom is -0.379 e. The molecule has 1 N–H and O–H groups in total. The minimum atomic E-state index is -3.72. The minimum absolute atomic E-state index is 0.00382. The zero-order valence-corrected chi connectivity index (χ0v) is 14.3. The Bertz CT molecular complexity index is 727. The lowest BCUT2D eigenvalue weighted by atomic mass is 10.1. The third kappa shape index (κ3) is 4.44. The Labute approximate surface area is 140 Å². The van der Waals surface area contributed by atoms with Crippen molar-refractivity contribution >= 4 is 27.1 Å². The number of hydrogen-bond acceptors (Lipinski definition) is 6. The van der Waals surface area contributed by atoms with Crippen molar-refractivity contribution in [2.24, 2.45) is 0 Å². The number of carbonyl (C=O) groups excluding carboxylic acids is 1. The van der Waals surface area contributed by atoms with Crippen LogP contribution < -0.4 is 5.32 Å². The van der Waals surface area contributed by atoms with Crippen LogP contribution in [0.2, 0.25) is 0 Å². The largest absolute Gasteiger partial charge is 0.379 e. The molecule has 1 aliphatic rings. The second-order valence-corrected chi connectivity index (χ2v) is 7.78. The van der Waals surface area contributed by atoms with Gasteiger partial charge in [-0.25, -0.2) is 8.42 Å². The lowest BCUT2D eigenvalue weighted by Crippen LogP contribution is -2.36. The van der Waals surface area contributed by atoms with Crippen LogP contribution in [-0.2, 0) is 14.6 Å². The van der Waals surface area contributed by atoms with Crippen LogP contribution in [-0.4, -0.2) is 50.0 Å². The van der Waals surface area contributed by atoms with Crippen molar-refractivity contribution in [3.8, 4) is 0 Å². The molecule has 1 heterocycles. The summed E-state index contributed by atoms with van der Waals surface area (Å²) in [6.07, 6.45) is 4.27. The lowest BCUT2D eigenvalue weighted by Gasteiger charge is -2.26. The lowest BCUT2D eigenvalue weighted by molar-refractivity contribution is -0.386. The summed E-state index contributed by atoms with van der Waals surface area (Å²) in [4.78, 5) is 24.1. The number of nitro benzene ring substituents is 1. The van der Waals surface area contributed by atoms with Crippen molar-refractivity contribution in [2.75, 3.05) is 31.2 Å². The zero-order valence-electron chi connectivity index (χ0n) is 13.5. The maximum Gasteiger partial charge on any atom is 0.310 e. The Morgan fingerprint density at radius 1 is 1.29 bits per heavy atom. The van der Waals surface area contributed by atoms with Gasteiger partial charge >= 0.3 is 5.69 Å². The van der Waals surface area contributed by atoms with Crippen LogP contribution in [0.4, 0.5) is 11.4 Å². The van der Waals surface area contributed by atoms with Gasteiger partial charge in [0.25, 0.3) is 0 Å². The molecule has 0 spiro atoms. The number of nitro groups is 1. The molecule has 0 aliphatic carbocycles. The average Bonchev–Trinajstić information content (AvgIpc) is 2.54. The van der Waals surface area contributed by atoms with Gasteiger partial charge in [-0.3, -0.25) is 14.9 Å². The number of para-hydroxylation sites is 1. The first kappa shape index (κ1) is 18.2. The van der Waals surface area contributed by atoms with Gasteiger partial charge in [0.05, 0.1) is 4.92 Å². The highest BCUT2D eigenvalue weighted by molar-refractivity contribution is 7.90. The molecule has 1 amide bonds. The maximum atomic E-state index is 12.1. The van der Waals surface area contributed by atoms with E-state index in [0.29, 0.717) is 0 Å². The summed E-state index contributed by atoms with van der Waals surface area (Å²) in [5.74, 6) is 0.00382. The topological polar surface area (TPSA) is 110 Å². The van der Waals surface area contributed by atoms with Crippen molar-refractivity contribution in [1.82, 2.24) is 4.90 Å². The standard InChI is InChI=1S/C15H21N3O5S/c1-24(22,23)13-7-5-6-12(15(13)18(20)21)16-9-8-14(19)17-10-3-2-4-11-17/h5-7,16H,2-4,8-11H2,1H3. The molecule has 24 heavy (non-hydrogen) atoms. The molecule has 0 unspecified atom stereocenters. The summed E-state index contributed by atoms with van der Waals surface area (Å²) in [6.45, 7) is 1.72. The predicted octanol–water partition coefficient (Wildman–Crippen LogP) is 1.81. The van der Waals surface area contributed by atoms with Gasteiger partial charge in [-0.1, -0.05) is 6.07 Å². The van der Waals surface area contributed by atoms with Crippen molar-refractivity contribution in [1.29, 1.82) is 0 Å². The number of likely N-dealkylation sites (tertiary alicyclic amines) is 1. The van der Waals surface area contributed by atoms with Crippen LogP contribution >= 0.6 is 0 Å². The summed E-state index contributed by atoms with van der Waals surface area (Å²) in [5.41, 5.74) is -0.375. The van der Waals surface area contributed by atoms with E-state index in [0.717, 1.165) is 38.6 Å². The Balaban J connectivity index is 2.07. The van der Waals surface area contributed by atoms with Gasteiger partial charge < -0.3 is 10.2 Å². The molecule has 0 atom stereocenters. The molecule has 1 aliphatic heterocycles. The summed E-state index contributed by atoms with van der Waals surface area (Å²) in [7, 11) is -3.72. The van der Waals surface area contributed by atoms with Crippen molar-refractivity contribution in [3.63, 3.8) is 0 Å². The summed E-state index contributed by atoms with van der Waals surface area (Å²) >= 11 is 0. The highest BCUT2D eigenvalue weighted by Crippen LogP contribution is 2.31. The van der Waals surface area contributed by atoms with Gasteiger partial charge in [0.2, 0.25) is 5.91 Å². The molecule has 1 saturated heterocycles. The summed E-state index contributed by atoms with van der Waals surface area (Å²) < 4.78 is 23.4. The van der Waals surface area contributed by atoms with E-state index < -0.39 is 20.4 Å². The third-order valence-corrected chi connectivity index (χ3v) is 5.07. The summed E-state index contributed by atoms with van der Waals surface area (Å²) in [6, 6.07) is 4.09. The Morgan fingerprint density at radius 3 is 2.54 bits per heavy atom. The molecule has 0 saturated carbocycles. The fourth-order valence-electron chi connectivity index (χ4n) is 2.76. The van der Waals surface area contributed by atoms with Crippen LogP contribution in [0.1, 0.15) is 25.7 Å². The number of rotatable bonds is 6. The third-order valence-electron chi connectivity index (χ3n) is 3.94. The molecule has 8 nitrogen and oxygen atoms in total. The fraction of sp³-hybridized carbons (Fsp3) is 0.533. The van der Waals surface area contributed by atoms with Crippen LogP contribution in [0.15, 0.2) is 23.1 Å². The van der Waals surface area contributed by atoms with Gasteiger partial charge in [-0.15, -0.1) is 0 Å². The van der Waals surface area contributed by atoms with E-state index in [2.05, 4.69) is 5.32 Å². The van der Waals surface area contributed by atoms with Gasteiger partial charge in [0.1, 0.15) is 10.6 Å². The molecule has 0 aromatic heterocycles. The van der Waals surface area contributed by atoms with E-state index in [1.165, 1.54) is 18.2 Å². The van der Waals surface area contributed by atoms with E-state index in [-0.39, 0.29) is 29.5 Å². The Hall–Kier alpha value is -2.16. The SMILES string of the molecule is CS(=O)(=O)c1cccc(NCCC(=O)N2CCCCC2)c1[N+](=O)[O-]. The first-order valence-corrected chi connectivity index (χ1v) is 9.69. The van der Waals surface area contributed by atoms with E-state index in [1.54, 1.807) is 4.90 Å². The monoisotopic (exact) mass is 355 g/mol. The van der Waals surface area contributed by atoms with E-state index in [9.17, 15) is 23.3 Å². The van der Waals surface area contributed by atoms with Crippen LogP contribution in [0, 0.1) is 10.1 Å².